The van der Waals surface area contributed by atoms with E-state index in [-0.39, 0.29) is 11.8 Å². The van der Waals surface area contributed by atoms with Gasteiger partial charge < -0.3 is 4.57 Å². The Labute approximate surface area is 144 Å². The molecule has 0 radical (unpaired) electrons. The molecule has 3 heterocycles. The lowest BCUT2D eigenvalue weighted by Gasteiger charge is -2.13. The minimum absolute atomic E-state index is 0.213. The summed E-state index contributed by atoms with van der Waals surface area (Å²) in [6.45, 7) is 9.06. The van der Waals surface area contributed by atoms with Crippen LogP contribution < -0.4 is 11.2 Å². The van der Waals surface area contributed by atoms with E-state index in [1.807, 2.05) is 13.1 Å². The molecule has 0 fully saturated rings. The van der Waals surface area contributed by atoms with E-state index in [0.717, 1.165) is 16.7 Å². The fourth-order valence-corrected chi connectivity index (χ4v) is 3.24. The molecule has 0 aliphatic rings. The smallest absolute Gasteiger partial charge is 0.311 e. The van der Waals surface area contributed by atoms with Gasteiger partial charge in [0.25, 0.3) is 5.56 Å². The number of hydrogen-bond donors (Lipinski definition) is 0. The monoisotopic (exact) mass is 345 g/mol. The fraction of sp³-hybridized carbons (Fsp3) is 0.529. The van der Waals surface area contributed by atoms with Crippen LogP contribution in [-0.2, 0) is 11.8 Å². The van der Waals surface area contributed by atoms with Gasteiger partial charge >= 0.3 is 5.69 Å². The van der Waals surface area contributed by atoms with Gasteiger partial charge in [-0.05, 0) is 34.1 Å². The van der Waals surface area contributed by atoms with Crippen molar-refractivity contribution in [2.24, 2.45) is 7.05 Å². The number of aromatic nitrogens is 5. The predicted octanol–water partition coefficient (Wildman–Crippen LogP) is 1.58. The Kier molecular flexibility index (Phi) is 3.93. The van der Waals surface area contributed by atoms with Gasteiger partial charge in [0, 0.05) is 25.0 Å². The van der Waals surface area contributed by atoms with Crippen molar-refractivity contribution in [3.05, 3.63) is 32.7 Å². The van der Waals surface area contributed by atoms with Crippen molar-refractivity contribution in [2.75, 3.05) is 0 Å². The molecule has 0 saturated heterocycles. The van der Waals surface area contributed by atoms with Gasteiger partial charge in [0.2, 0.25) is 5.78 Å². The van der Waals surface area contributed by atoms with Gasteiger partial charge in [-0.15, -0.1) is 0 Å². The maximum absolute atomic E-state index is 13.0. The summed E-state index contributed by atoms with van der Waals surface area (Å²) in [5, 5.41) is 0. The Morgan fingerprint density at radius 3 is 2.44 bits per heavy atom. The number of nitrogens with zero attached hydrogens (tertiary/aromatic N) is 5. The van der Waals surface area contributed by atoms with Crippen LogP contribution in [0.3, 0.4) is 0 Å². The van der Waals surface area contributed by atoms with Crippen molar-refractivity contribution in [1.82, 2.24) is 23.1 Å². The third-order valence-corrected chi connectivity index (χ3v) is 5.02. The molecule has 3 aromatic rings. The van der Waals surface area contributed by atoms with Gasteiger partial charge in [0.15, 0.2) is 16.9 Å². The van der Waals surface area contributed by atoms with Crippen LogP contribution in [0.25, 0.3) is 16.9 Å². The minimum Gasteiger partial charge on any atom is -0.311 e. The largest absolute Gasteiger partial charge is 0.333 e. The molecule has 0 aliphatic heterocycles. The zero-order valence-electron chi connectivity index (χ0n) is 15.4. The molecule has 0 spiro atoms. The molecule has 8 heteroatoms. The average molecular weight is 345 g/mol. The van der Waals surface area contributed by atoms with E-state index in [2.05, 4.69) is 23.4 Å². The molecule has 0 bridgehead atoms. The van der Waals surface area contributed by atoms with Crippen LogP contribution in [0, 0.1) is 6.92 Å². The Bertz CT molecular complexity index is 1110. The minimum atomic E-state index is -0.820. The van der Waals surface area contributed by atoms with Crippen LogP contribution in [0.5, 0.6) is 0 Å². The first-order valence-electron chi connectivity index (χ1n) is 8.42. The highest BCUT2D eigenvalue weighted by atomic mass is 16.2. The number of rotatable bonds is 4. The zero-order chi connectivity index (χ0) is 18.6. The van der Waals surface area contributed by atoms with Crippen LogP contribution >= 0.6 is 0 Å². The second-order valence-corrected chi connectivity index (χ2v) is 6.66. The number of Topliss-reactive ketones (excluding diaryl/α,β-unsaturated/α-hetero) is 1. The van der Waals surface area contributed by atoms with Crippen molar-refractivity contribution < 1.29 is 4.79 Å². The lowest BCUT2D eigenvalue weighted by Crippen LogP contribution is -2.42. The van der Waals surface area contributed by atoms with Gasteiger partial charge in [0.1, 0.15) is 0 Å². The Morgan fingerprint density at radius 1 is 1.24 bits per heavy atom. The van der Waals surface area contributed by atoms with E-state index < -0.39 is 17.3 Å². The second-order valence-electron chi connectivity index (χ2n) is 6.66. The number of carbonyl (C=O) groups is 1. The quantitative estimate of drug-likeness (QED) is 0.719. The summed E-state index contributed by atoms with van der Waals surface area (Å²) in [7, 11) is 1.57. The Morgan fingerprint density at radius 2 is 1.88 bits per heavy atom. The number of hydrogen-bond acceptors (Lipinski definition) is 4. The normalized spacial score (nSPS) is 14.3. The summed E-state index contributed by atoms with van der Waals surface area (Å²) in [4.78, 5) is 41.9. The van der Waals surface area contributed by atoms with Crippen molar-refractivity contribution in [3.8, 4) is 0 Å². The van der Waals surface area contributed by atoms with Gasteiger partial charge in [0.05, 0.1) is 6.04 Å². The topological polar surface area (TPSA) is 83.3 Å². The molecule has 134 valence electrons. The molecule has 0 N–H and O–H groups in total. The summed E-state index contributed by atoms with van der Waals surface area (Å²) in [6.07, 6.45) is 2.77. The summed E-state index contributed by atoms with van der Waals surface area (Å²) >= 11 is 0. The standard InChI is InChI=1S/C17H23N5O3/c1-7-9(2)21-10(3)8-20-13-14(18-16(20)21)19(6)17(25)22(15(13)24)11(4)12(5)23/h8-9,11H,7H2,1-6H3. The molecule has 8 nitrogen and oxygen atoms in total. The lowest BCUT2D eigenvalue weighted by atomic mass is 10.2. The number of carbonyl (C=O) groups excluding carboxylic acids is 1. The molecule has 0 saturated carbocycles. The van der Waals surface area contributed by atoms with Crippen LogP contribution in [0.15, 0.2) is 15.8 Å². The fourth-order valence-electron chi connectivity index (χ4n) is 3.24. The third kappa shape index (κ3) is 2.27. The first-order valence-corrected chi connectivity index (χ1v) is 8.42. The van der Waals surface area contributed by atoms with E-state index in [1.54, 1.807) is 18.4 Å². The van der Waals surface area contributed by atoms with Crippen molar-refractivity contribution >= 4 is 22.7 Å². The molecular weight excluding hydrogens is 322 g/mol. The maximum atomic E-state index is 13.0. The highest BCUT2D eigenvalue weighted by Crippen LogP contribution is 2.22. The summed E-state index contributed by atoms with van der Waals surface area (Å²) in [5.74, 6) is 0.384. The van der Waals surface area contributed by atoms with Gasteiger partial charge in [-0.3, -0.25) is 18.6 Å². The van der Waals surface area contributed by atoms with Crippen molar-refractivity contribution in [1.29, 1.82) is 0 Å². The summed E-state index contributed by atoms with van der Waals surface area (Å²) < 4.78 is 6.12. The van der Waals surface area contributed by atoms with Gasteiger partial charge in [-0.2, -0.15) is 4.98 Å². The molecule has 3 rings (SSSR count). The Balaban J connectivity index is 2.51. The summed E-state index contributed by atoms with van der Waals surface area (Å²) in [5.41, 5.74) is 0.602. The van der Waals surface area contributed by atoms with Crippen LogP contribution in [-0.4, -0.2) is 28.9 Å². The molecule has 0 aliphatic carbocycles. The van der Waals surface area contributed by atoms with E-state index in [1.165, 1.54) is 11.5 Å². The van der Waals surface area contributed by atoms with E-state index in [4.69, 9.17) is 0 Å². The molecule has 0 aromatic carbocycles. The Hall–Kier alpha value is -2.64. The number of aryl methyl sites for hydroxylation is 2. The van der Waals surface area contributed by atoms with Crippen LogP contribution in [0.1, 0.15) is 51.9 Å². The molecule has 0 amide bonds. The first kappa shape index (κ1) is 17.2. The van der Waals surface area contributed by atoms with Crippen LogP contribution in [0.4, 0.5) is 0 Å². The van der Waals surface area contributed by atoms with E-state index >= 15 is 0 Å². The van der Waals surface area contributed by atoms with E-state index in [9.17, 15) is 14.4 Å². The van der Waals surface area contributed by atoms with Crippen molar-refractivity contribution in [2.45, 2.75) is 53.1 Å². The van der Waals surface area contributed by atoms with Crippen molar-refractivity contribution in [3.63, 3.8) is 0 Å². The molecule has 25 heavy (non-hydrogen) atoms. The third-order valence-electron chi connectivity index (χ3n) is 5.02. The average Bonchev–Trinajstić information content (AvgIpc) is 3.06. The summed E-state index contributed by atoms with van der Waals surface area (Å²) in [6, 6.07) is -0.608. The second kappa shape index (κ2) is 5.72. The highest BCUT2D eigenvalue weighted by molar-refractivity contribution is 5.80. The predicted molar refractivity (Wildman–Crippen MR) is 95.3 cm³/mol. The first-order chi connectivity index (χ1) is 11.7. The van der Waals surface area contributed by atoms with Crippen LogP contribution in [0.2, 0.25) is 0 Å². The van der Waals surface area contributed by atoms with Gasteiger partial charge in [-0.1, -0.05) is 6.92 Å². The SMILES string of the molecule is CCC(C)n1c(C)cn2c3c(=O)n(C(C)C(C)=O)c(=O)n(C)c3nc12. The molecule has 2 atom stereocenters. The molecular formula is C17H23N5O3. The number of fused-ring (bicyclic) bond motifs is 3. The van der Waals surface area contributed by atoms with E-state index in [0.29, 0.717) is 16.9 Å². The van der Waals surface area contributed by atoms with Gasteiger partial charge in [-0.25, -0.2) is 9.36 Å². The molecule has 3 aromatic heterocycles. The lowest BCUT2D eigenvalue weighted by molar-refractivity contribution is -0.119. The maximum Gasteiger partial charge on any atom is 0.333 e. The highest BCUT2D eigenvalue weighted by Gasteiger charge is 2.24. The number of ketones is 1. The number of imidazole rings is 2. The zero-order valence-corrected chi connectivity index (χ0v) is 15.4. The molecule has 2 unspecified atom stereocenters.